The van der Waals surface area contributed by atoms with Crippen LogP contribution in [0.1, 0.15) is 34.3 Å². The van der Waals surface area contributed by atoms with E-state index in [2.05, 4.69) is 30.8 Å². The van der Waals surface area contributed by atoms with Gasteiger partial charge in [0.15, 0.2) is 0 Å². The average Bonchev–Trinajstić information content (AvgIpc) is 2.97. The first-order valence-corrected chi connectivity index (χ1v) is 7.26. The van der Waals surface area contributed by atoms with Gasteiger partial charge in [-0.2, -0.15) is 0 Å². The van der Waals surface area contributed by atoms with Crippen LogP contribution in [0.25, 0.3) is 0 Å². The van der Waals surface area contributed by atoms with Crippen molar-refractivity contribution in [3.63, 3.8) is 0 Å². The molecule has 0 saturated carbocycles. The number of aromatic nitrogens is 4. The molecule has 3 heterocycles. The van der Waals surface area contributed by atoms with Gasteiger partial charge in [0.05, 0.1) is 6.20 Å². The molecule has 1 fully saturated rings. The van der Waals surface area contributed by atoms with Crippen molar-refractivity contribution in [1.82, 2.24) is 25.5 Å². The maximum Gasteiger partial charge on any atom is 0.277 e. The van der Waals surface area contributed by atoms with E-state index >= 15 is 0 Å². The molecule has 1 aliphatic heterocycles. The van der Waals surface area contributed by atoms with Gasteiger partial charge in [-0.15, -0.1) is 10.2 Å². The first-order chi connectivity index (χ1) is 9.83. The number of hydrogen-bond donors (Lipinski definition) is 2. The SMILES string of the molecule is O=C(Nc1nnc(C2CCNCC2)s1)c1cnccn1. The number of rotatable bonds is 3. The Morgan fingerprint density at radius 2 is 2.15 bits per heavy atom. The van der Waals surface area contributed by atoms with Gasteiger partial charge in [-0.3, -0.25) is 15.1 Å². The summed E-state index contributed by atoms with van der Waals surface area (Å²) in [4.78, 5) is 19.7. The molecular formula is C12H14N6OS. The van der Waals surface area contributed by atoms with E-state index in [9.17, 15) is 4.79 Å². The van der Waals surface area contributed by atoms with E-state index in [-0.39, 0.29) is 11.6 Å². The summed E-state index contributed by atoms with van der Waals surface area (Å²) < 4.78 is 0. The third-order valence-corrected chi connectivity index (χ3v) is 4.15. The smallest absolute Gasteiger partial charge is 0.277 e. The Morgan fingerprint density at radius 1 is 1.30 bits per heavy atom. The monoisotopic (exact) mass is 290 g/mol. The molecule has 2 N–H and O–H groups in total. The number of amides is 1. The van der Waals surface area contributed by atoms with Gasteiger partial charge >= 0.3 is 0 Å². The minimum atomic E-state index is -0.314. The molecule has 2 aromatic heterocycles. The number of carbonyl (C=O) groups is 1. The summed E-state index contributed by atoms with van der Waals surface area (Å²) in [5, 5.41) is 15.7. The van der Waals surface area contributed by atoms with Crippen LogP contribution in [-0.2, 0) is 0 Å². The lowest BCUT2D eigenvalue weighted by Crippen LogP contribution is -2.26. The van der Waals surface area contributed by atoms with Crippen LogP contribution in [0.4, 0.5) is 5.13 Å². The van der Waals surface area contributed by atoms with E-state index in [4.69, 9.17) is 0 Å². The second-order valence-electron chi connectivity index (χ2n) is 4.51. The van der Waals surface area contributed by atoms with Crippen molar-refractivity contribution in [2.24, 2.45) is 0 Å². The van der Waals surface area contributed by atoms with Gasteiger partial charge in [0, 0.05) is 18.3 Å². The van der Waals surface area contributed by atoms with E-state index < -0.39 is 0 Å². The van der Waals surface area contributed by atoms with E-state index in [1.165, 1.54) is 29.9 Å². The molecule has 0 unspecified atom stereocenters. The Balaban J connectivity index is 1.66. The van der Waals surface area contributed by atoms with Crippen molar-refractivity contribution < 1.29 is 4.79 Å². The van der Waals surface area contributed by atoms with Gasteiger partial charge in [0.2, 0.25) is 5.13 Å². The third-order valence-electron chi connectivity index (χ3n) is 3.15. The van der Waals surface area contributed by atoms with Crippen LogP contribution in [-0.4, -0.2) is 39.2 Å². The standard InChI is InChI=1S/C12H14N6OS/c19-10(9-7-14-5-6-15-9)16-12-18-17-11(20-12)8-1-3-13-4-2-8/h5-8,13H,1-4H2,(H,16,18,19). The van der Waals surface area contributed by atoms with Gasteiger partial charge in [-0.25, -0.2) is 4.98 Å². The molecule has 7 nitrogen and oxygen atoms in total. The van der Waals surface area contributed by atoms with Crippen molar-refractivity contribution in [1.29, 1.82) is 0 Å². The van der Waals surface area contributed by atoms with Crippen molar-refractivity contribution in [2.45, 2.75) is 18.8 Å². The summed E-state index contributed by atoms with van der Waals surface area (Å²) in [7, 11) is 0. The van der Waals surface area contributed by atoms with Crippen molar-refractivity contribution in [2.75, 3.05) is 18.4 Å². The van der Waals surface area contributed by atoms with Gasteiger partial charge in [-0.1, -0.05) is 11.3 Å². The number of piperidine rings is 1. The Morgan fingerprint density at radius 3 is 2.90 bits per heavy atom. The summed E-state index contributed by atoms with van der Waals surface area (Å²) in [6, 6.07) is 0. The van der Waals surface area contributed by atoms with Crippen LogP contribution in [0.5, 0.6) is 0 Å². The minimum Gasteiger partial charge on any atom is -0.317 e. The summed E-state index contributed by atoms with van der Waals surface area (Å²) in [5.74, 6) is 0.127. The molecule has 1 saturated heterocycles. The van der Waals surface area contributed by atoms with Gasteiger partial charge in [0.1, 0.15) is 10.7 Å². The van der Waals surface area contributed by atoms with Gasteiger partial charge in [-0.05, 0) is 25.9 Å². The number of carbonyl (C=O) groups excluding carboxylic acids is 1. The maximum atomic E-state index is 11.9. The average molecular weight is 290 g/mol. The topological polar surface area (TPSA) is 92.7 Å². The van der Waals surface area contributed by atoms with Crippen molar-refractivity contribution in [3.05, 3.63) is 29.3 Å². The lowest BCUT2D eigenvalue weighted by molar-refractivity contribution is 0.102. The second-order valence-corrected chi connectivity index (χ2v) is 5.52. The summed E-state index contributed by atoms with van der Waals surface area (Å²) in [5.41, 5.74) is 0.270. The first kappa shape index (κ1) is 13.1. The third kappa shape index (κ3) is 2.97. The van der Waals surface area contributed by atoms with E-state index in [1.807, 2.05) is 0 Å². The highest BCUT2D eigenvalue weighted by molar-refractivity contribution is 7.15. The molecule has 0 spiro atoms. The molecule has 1 amide bonds. The second kappa shape index (κ2) is 6.02. The zero-order valence-electron chi connectivity index (χ0n) is 10.7. The van der Waals surface area contributed by atoms with Crippen molar-refractivity contribution >= 4 is 22.4 Å². The molecule has 0 aliphatic carbocycles. The highest BCUT2D eigenvalue weighted by atomic mass is 32.1. The molecule has 0 aromatic carbocycles. The number of nitrogens with one attached hydrogen (secondary N) is 2. The highest BCUT2D eigenvalue weighted by Gasteiger charge is 2.20. The fraction of sp³-hybridized carbons (Fsp3) is 0.417. The molecule has 3 rings (SSSR count). The lowest BCUT2D eigenvalue weighted by Gasteiger charge is -2.19. The minimum absolute atomic E-state index is 0.270. The van der Waals surface area contributed by atoms with Crippen LogP contribution < -0.4 is 10.6 Å². The van der Waals surface area contributed by atoms with E-state index in [0.717, 1.165) is 30.9 Å². The molecule has 20 heavy (non-hydrogen) atoms. The fourth-order valence-electron chi connectivity index (χ4n) is 2.10. The first-order valence-electron chi connectivity index (χ1n) is 6.44. The van der Waals surface area contributed by atoms with Crippen molar-refractivity contribution in [3.8, 4) is 0 Å². The number of anilines is 1. The summed E-state index contributed by atoms with van der Waals surface area (Å²) in [6.07, 6.45) is 6.55. The number of nitrogens with zero attached hydrogens (tertiary/aromatic N) is 4. The van der Waals surface area contributed by atoms with Crippen LogP contribution in [0.2, 0.25) is 0 Å². The Kier molecular flexibility index (Phi) is 3.93. The maximum absolute atomic E-state index is 11.9. The largest absolute Gasteiger partial charge is 0.317 e. The quantitative estimate of drug-likeness (QED) is 0.877. The zero-order chi connectivity index (χ0) is 13.8. The Bertz CT molecular complexity index is 581. The fourth-order valence-corrected chi connectivity index (χ4v) is 3.00. The van der Waals surface area contributed by atoms with E-state index in [0.29, 0.717) is 11.0 Å². The molecule has 1 aliphatic rings. The zero-order valence-corrected chi connectivity index (χ0v) is 11.6. The van der Waals surface area contributed by atoms with Crippen LogP contribution in [0.15, 0.2) is 18.6 Å². The molecule has 2 aromatic rings. The molecular weight excluding hydrogens is 276 g/mol. The molecule has 0 radical (unpaired) electrons. The van der Waals surface area contributed by atoms with Crippen LogP contribution in [0.3, 0.4) is 0 Å². The van der Waals surface area contributed by atoms with Crippen LogP contribution in [0, 0.1) is 0 Å². The number of hydrogen-bond acceptors (Lipinski definition) is 7. The predicted molar refractivity (Wildman–Crippen MR) is 74.7 cm³/mol. The Hall–Kier alpha value is -1.93. The predicted octanol–water partition coefficient (Wildman–Crippen LogP) is 1.05. The van der Waals surface area contributed by atoms with Gasteiger partial charge in [0.25, 0.3) is 5.91 Å². The van der Waals surface area contributed by atoms with E-state index in [1.54, 1.807) is 0 Å². The lowest BCUT2D eigenvalue weighted by atomic mass is 9.99. The van der Waals surface area contributed by atoms with Crippen LogP contribution >= 0.6 is 11.3 Å². The Labute approximate surface area is 119 Å². The normalized spacial score (nSPS) is 16.0. The summed E-state index contributed by atoms with van der Waals surface area (Å²) >= 11 is 1.43. The molecule has 0 bridgehead atoms. The molecule has 104 valence electrons. The highest BCUT2D eigenvalue weighted by Crippen LogP contribution is 2.29. The van der Waals surface area contributed by atoms with Gasteiger partial charge < -0.3 is 5.32 Å². The summed E-state index contributed by atoms with van der Waals surface area (Å²) in [6.45, 7) is 2.01. The molecule has 8 heteroatoms. The molecule has 0 atom stereocenters.